The highest BCUT2D eigenvalue weighted by Crippen LogP contribution is 2.48. The third kappa shape index (κ3) is 8.65. The molecule has 0 saturated heterocycles. The number of benzene rings is 13. The lowest BCUT2D eigenvalue weighted by molar-refractivity contribution is 1.01. The molecule has 17 rings (SSSR count). The van der Waals surface area contributed by atoms with Gasteiger partial charge in [0.25, 0.3) is 0 Å². The first-order valence-electron chi connectivity index (χ1n) is 30.2. The highest BCUT2D eigenvalue weighted by atomic mass is 15.1. The second-order valence-electron chi connectivity index (χ2n) is 23.0. The molecule has 5 heteroatoms. The lowest BCUT2D eigenvalue weighted by Gasteiger charge is -2.24. The molecule has 0 radical (unpaired) electrons. The van der Waals surface area contributed by atoms with Gasteiger partial charge in [-0.25, -0.2) is 4.98 Å². The Labute approximate surface area is 514 Å². The maximum absolute atomic E-state index is 10.9. The van der Waals surface area contributed by atoms with Crippen LogP contribution in [0.5, 0.6) is 0 Å². The third-order valence-corrected chi connectivity index (χ3v) is 17.9. The van der Waals surface area contributed by atoms with Crippen molar-refractivity contribution >= 4 is 65.4 Å². The molecule has 89 heavy (non-hydrogen) atoms. The molecule has 4 aromatic heterocycles. The number of aromatic nitrogens is 4. The van der Waals surface area contributed by atoms with E-state index in [1.165, 1.54) is 0 Å². The number of nitrogens with zero attached hydrogens (tertiary/aromatic N) is 5. The van der Waals surface area contributed by atoms with Crippen LogP contribution < -0.4 is 0 Å². The normalized spacial score (nSPS) is 11.6. The van der Waals surface area contributed by atoms with Crippen molar-refractivity contribution in [3.05, 3.63) is 327 Å². The molecule has 0 aliphatic carbocycles. The van der Waals surface area contributed by atoms with E-state index in [0.717, 1.165) is 160 Å². The van der Waals surface area contributed by atoms with Crippen LogP contribution in [0, 0.1) is 11.3 Å². The summed E-state index contributed by atoms with van der Waals surface area (Å²) in [5.74, 6) is 0.739. The second-order valence-corrected chi connectivity index (χ2v) is 23.0. The second kappa shape index (κ2) is 21.1. The average Bonchev–Trinajstić information content (AvgIpc) is 1.62. The minimum Gasteiger partial charge on any atom is -0.307 e. The van der Waals surface area contributed by atoms with Crippen LogP contribution in [0.3, 0.4) is 0 Å². The molecule has 0 amide bonds. The Kier molecular flexibility index (Phi) is 12.2. The maximum atomic E-state index is 10.9. The molecule has 0 spiro atoms. The smallest absolute Gasteiger partial charge is 0.162 e. The number of nitriles is 1. The van der Waals surface area contributed by atoms with E-state index in [4.69, 9.17) is 4.98 Å². The predicted molar refractivity (Wildman–Crippen MR) is 370 cm³/mol. The monoisotopic (exact) mass is 1130 g/mol. The van der Waals surface area contributed by atoms with E-state index in [9.17, 15) is 5.26 Å². The number of pyridine rings is 1. The molecule has 0 fully saturated rings. The minimum absolute atomic E-state index is 0.556. The average molecular weight is 1130 g/mol. The van der Waals surface area contributed by atoms with Gasteiger partial charge >= 0.3 is 0 Å². The Morgan fingerprint density at radius 3 is 0.831 bits per heavy atom. The van der Waals surface area contributed by atoms with Crippen molar-refractivity contribution in [3.63, 3.8) is 0 Å². The zero-order valence-electron chi connectivity index (χ0n) is 48.3. The standard InChI is InChI=1S/C84H53N5/c85-53-55-20-19-33-68(46-55)82-81(87-75-40-34-62(56-21-7-1-8-22-56)47-69(75)70-48-63(35-41-76(70)87)57-23-9-2-10-24-57)54-86-84(89-79-44-38-66(60-29-15-5-16-30-60)51-73(79)74-52-67(39-45-80(74)89)61-31-17-6-18-32-61)83(82)88-77-42-36-64(58-25-11-3-12-26-58)49-71(77)72-50-65(37-43-78(72)88)59-27-13-4-14-28-59/h1-52,54H. The van der Waals surface area contributed by atoms with Crippen molar-refractivity contribution < 1.29 is 0 Å². The highest BCUT2D eigenvalue weighted by molar-refractivity contribution is 6.16. The van der Waals surface area contributed by atoms with Crippen LogP contribution in [-0.4, -0.2) is 18.7 Å². The molecular weight excluding hydrogens is 1080 g/mol. The van der Waals surface area contributed by atoms with E-state index in [2.05, 4.69) is 329 Å². The van der Waals surface area contributed by atoms with Gasteiger partial charge in [0.15, 0.2) is 5.82 Å². The topological polar surface area (TPSA) is 51.5 Å². The third-order valence-electron chi connectivity index (χ3n) is 17.9. The SMILES string of the molecule is N#Cc1cccc(-c2c(-n3c4ccc(-c5ccccc5)cc4c4cc(-c5ccccc5)ccc43)cnc(-n3c4ccc(-c5ccccc5)cc4c4cc(-c5ccccc5)ccc43)c2-n2c3ccc(-c4ccccc4)cc3c3cc(-c4ccccc4)ccc32)c1. The largest absolute Gasteiger partial charge is 0.307 e. The van der Waals surface area contributed by atoms with Gasteiger partial charge in [0.05, 0.1) is 62.3 Å². The van der Waals surface area contributed by atoms with Gasteiger partial charge in [0.1, 0.15) is 0 Å². The first-order chi connectivity index (χ1) is 44.1. The lowest BCUT2D eigenvalue weighted by Crippen LogP contribution is -2.11. The Morgan fingerprint density at radius 2 is 0.528 bits per heavy atom. The minimum atomic E-state index is 0.556. The molecular formula is C84H53N5. The molecule has 0 aliphatic heterocycles. The molecule has 414 valence electrons. The fourth-order valence-corrected chi connectivity index (χ4v) is 13.7. The summed E-state index contributed by atoms with van der Waals surface area (Å²) in [6.45, 7) is 0. The number of rotatable bonds is 10. The highest BCUT2D eigenvalue weighted by Gasteiger charge is 2.29. The molecule has 5 nitrogen and oxygen atoms in total. The van der Waals surface area contributed by atoms with Gasteiger partial charge in [0.2, 0.25) is 0 Å². The quantitative estimate of drug-likeness (QED) is 0.137. The lowest BCUT2D eigenvalue weighted by atomic mass is 9.99. The van der Waals surface area contributed by atoms with Crippen molar-refractivity contribution in [1.29, 1.82) is 5.26 Å². The Hall–Kier alpha value is -12.1. The van der Waals surface area contributed by atoms with Crippen LogP contribution in [0.4, 0.5) is 0 Å². The summed E-state index contributed by atoms with van der Waals surface area (Å²) in [4.78, 5) is 5.97. The van der Waals surface area contributed by atoms with Crippen LogP contribution in [0.1, 0.15) is 5.56 Å². The predicted octanol–water partition coefficient (Wildman–Crippen LogP) is 21.9. The van der Waals surface area contributed by atoms with Crippen LogP contribution in [0.25, 0.3) is 160 Å². The van der Waals surface area contributed by atoms with Gasteiger partial charge in [-0.1, -0.05) is 231 Å². The summed E-state index contributed by atoms with van der Waals surface area (Å²) in [6, 6.07) is 116. The number of hydrogen-bond donors (Lipinski definition) is 0. The van der Waals surface area contributed by atoms with Gasteiger partial charge in [-0.3, -0.25) is 4.57 Å². The summed E-state index contributed by atoms with van der Waals surface area (Å²) < 4.78 is 7.28. The van der Waals surface area contributed by atoms with Crippen molar-refractivity contribution in [3.8, 4) is 101 Å². The number of hydrogen-bond acceptors (Lipinski definition) is 2. The van der Waals surface area contributed by atoms with E-state index in [-0.39, 0.29) is 0 Å². The molecule has 0 N–H and O–H groups in total. The molecule has 0 bridgehead atoms. The Balaban J connectivity index is 1.05. The molecule has 0 atom stereocenters. The van der Waals surface area contributed by atoms with Gasteiger partial charge in [-0.15, -0.1) is 0 Å². The maximum Gasteiger partial charge on any atom is 0.162 e. The molecule has 0 saturated carbocycles. The van der Waals surface area contributed by atoms with Gasteiger partial charge < -0.3 is 9.13 Å². The van der Waals surface area contributed by atoms with Crippen LogP contribution >= 0.6 is 0 Å². The molecule has 17 aromatic rings. The van der Waals surface area contributed by atoms with E-state index in [1.54, 1.807) is 0 Å². The van der Waals surface area contributed by atoms with E-state index >= 15 is 0 Å². The number of fused-ring (bicyclic) bond motifs is 9. The fourth-order valence-electron chi connectivity index (χ4n) is 13.7. The first-order valence-corrected chi connectivity index (χ1v) is 30.2. The summed E-state index contributed by atoms with van der Waals surface area (Å²) >= 11 is 0. The Bertz CT molecular complexity index is 5350. The van der Waals surface area contributed by atoms with Gasteiger partial charge in [0, 0.05) is 37.9 Å². The van der Waals surface area contributed by atoms with Crippen molar-refractivity contribution in [2.75, 3.05) is 0 Å². The van der Waals surface area contributed by atoms with Crippen LogP contribution in [0.2, 0.25) is 0 Å². The summed E-state index contributed by atoms with van der Waals surface area (Å²) in [6.07, 6.45) is 2.09. The van der Waals surface area contributed by atoms with Gasteiger partial charge in [-0.05, 0) is 157 Å². The van der Waals surface area contributed by atoms with E-state index < -0.39 is 0 Å². The molecule has 4 heterocycles. The molecule has 0 aliphatic rings. The molecule has 13 aromatic carbocycles. The summed E-state index contributed by atoms with van der Waals surface area (Å²) in [7, 11) is 0. The Morgan fingerprint density at radius 1 is 0.247 bits per heavy atom. The zero-order valence-corrected chi connectivity index (χ0v) is 48.3. The first kappa shape index (κ1) is 51.3. The van der Waals surface area contributed by atoms with E-state index in [0.29, 0.717) is 5.56 Å². The van der Waals surface area contributed by atoms with Crippen molar-refractivity contribution in [1.82, 2.24) is 18.7 Å². The van der Waals surface area contributed by atoms with Gasteiger partial charge in [-0.2, -0.15) is 5.26 Å². The van der Waals surface area contributed by atoms with E-state index in [1.807, 2.05) is 12.1 Å². The van der Waals surface area contributed by atoms with Crippen molar-refractivity contribution in [2.24, 2.45) is 0 Å². The molecule has 0 unspecified atom stereocenters. The van der Waals surface area contributed by atoms with Crippen molar-refractivity contribution in [2.45, 2.75) is 0 Å². The summed E-state index contributed by atoms with van der Waals surface area (Å²) in [5.41, 5.74) is 23.8. The summed E-state index contributed by atoms with van der Waals surface area (Å²) in [5, 5.41) is 17.6. The fraction of sp³-hybridized carbons (Fsp3) is 0. The zero-order chi connectivity index (χ0) is 58.9. The van der Waals surface area contributed by atoms with Crippen LogP contribution in [-0.2, 0) is 0 Å². The van der Waals surface area contributed by atoms with Crippen LogP contribution in [0.15, 0.2) is 322 Å².